The van der Waals surface area contributed by atoms with E-state index in [9.17, 15) is 0 Å². The number of furan rings is 1. The summed E-state index contributed by atoms with van der Waals surface area (Å²) in [5.74, 6) is 0.953. The predicted molar refractivity (Wildman–Crippen MR) is 75.0 cm³/mol. The van der Waals surface area contributed by atoms with Crippen molar-refractivity contribution in [3.8, 4) is 0 Å². The van der Waals surface area contributed by atoms with E-state index < -0.39 is 0 Å². The lowest BCUT2D eigenvalue weighted by molar-refractivity contribution is 0.507. The average Bonchev–Trinajstić information content (AvgIpc) is 2.99. The fourth-order valence-electron chi connectivity index (χ4n) is 1.77. The highest BCUT2D eigenvalue weighted by atomic mass is 32.1. The van der Waals surface area contributed by atoms with Gasteiger partial charge in [-0.2, -0.15) is 0 Å². The summed E-state index contributed by atoms with van der Waals surface area (Å²) in [4.78, 5) is 6.75. The van der Waals surface area contributed by atoms with E-state index in [1.165, 1.54) is 0 Å². The summed E-state index contributed by atoms with van der Waals surface area (Å²) in [6.07, 6.45) is 1.70. The normalized spacial score (nSPS) is 12.6. The molecule has 0 saturated heterocycles. The van der Waals surface area contributed by atoms with Gasteiger partial charge in [-0.05, 0) is 25.6 Å². The fourth-order valence-corrected chi connectivity index (χ4v) is 2.65. The molecule has 4 nitrogen and oxygen atoms in total. The van der Waals surface area contributed by atoms with Crippen molar-refractivity contribution >= 4 is 16.5 Å². The maximum atomic E-state index is 5.34. The van der Waals surface area contributed by atoms with Gasteiger partial charge in [0.05, 0.1) is 18.5 Å². The first-order valence-electron chi connectivity index (χ1n) is 6.13. The van der Waals surface area contributed by atoms with Gasteiger partial charge in [-0.1, -0.05) is 6.92 Å². The Labute approximate surface area is 112 Å². The summed E-state index contributed by atoms with van der Waals surface area (Å²) in [5, 5.41) is 6.50. The summed E-state index contributed by atoms with van der Waals surface area (Å²) < 4.78 is 5.34. The second kappa shape index (κ2) is 6.02. The maximum absolute atomic E-state index is 5.34. The Morgan fingerprint density at radius 3 is 3.06 bits per heavy atom. The van der Waals surface area contributed by atoms with E-state index in [1.807, 2.05) is 19.2 Å². The number of anilines is 1. The molecule has 2 rings (SSSR count). The van der Waals surface area contributed by atoms with Crippen molar-refractivity contribution in [1.82, 2.24) is 10.3 Å². The van der Waals surface area contributed by atoms with Gasteiger partial charge in [0.1, 0.15) is 5.76 Å². The van der Waals surface area contributed by atoms with Crippen molar-refractivity contribution in [1.29, 1.82) is 0 Å². The van der Waals surface area contributed by atoms with Gasteiger partial charge >= 0.3 is 0 Å². The quantitative estimate of drug-likeness (QED) is 0.871. The maximum Gasteiger partial charge on any atom is 0.185 e. The molecule has 0 aliphatic rings. The number of thiazole rings is 1. The molecule has 98 valence electrons. The summed E-state index contributed by atoms with van der Waals surface area (Å²) in [7, 11) is 2.03. The first-order chi connectivity index (χ1) is 8.70. The van der Waals surface area contributed by atoms with Crippen LogP contribution in [0, 0.1) is 0 Å². The Hall–Kier alpha value is -1.33. The molecule has 2 aromatic heterocycles. The Kier molecular flexibility index (Phi) is 4.38. The molecule has 5 heteroatoms. The van der Waals surface area contributed by atoms with Crippen LogP contribution in [-0.4, -0.2) is 18.6 Å². The largest absolute Gasteiger partial charge is 0.467 e. The van der Waals surface area contributed by atoms with Gasteiger partial charge in [0, 0.05) is 18.5 Å². The molecule has 0 bridgehead atoms. The molecule has 0 aliphatic carbocycles. The number of aromatic nitrogens is 1. The van der Waals surface area contributed by atoms with Gasteiger partial charge in [-0.25, -0.2) is 4.98 Å². The smallest absolute Gasteiger partial charge is 0.185 e. The lowest BCUT2D eigenvalue weighted by Crippen LogP contribution is -2.19. The molecule has 0 aliphatic heterocycles. The fraction of sp³-hybridized carbons (Fsp3) is 0.462. The average molecular weight is 265 g/mol. The van der Waals surface area contributed by atoms with Gasteiger partial charge in [-0.15, -0.1) is 11.3 Å². The van der Waals surface area contributed by atoms with Crippen LogP contribution >= 0.6 is 11.3 Å². The summed E-state index contributed by atoms with van der Waals surface area (Å²) >= 11 is 1.67. The van der Waals surface area contributed by atoms with Crippen molar-refractivity contribution in [2.24, 2.45) is 0 Å². The second-order valence-corrected chi connectivity index (χ2v) is 5.11. The van der Waals surface area contributed by atoms with Crippen LogP contribution in [0.3, 0.4) is 0 Å². The molecule has 0 spiro atoms. The molecule has 0 saturated carbocycles. The zero-order valence-corrected chi connectivity index (χ0v) is 11.8. The third kappa shape index (κ3) is 3.11. The SMILES string of the molecule is CCNC(C)c1csc(N(C)Cc2ccco2)n1. The molecule has 1 unspecified atom stereocenters. The third-order valence-corrected chi connectivity index (χ3v) is 3.74. The molecule has 2 aromatic rings. The predicted octanol–water partition coefficient (Wildman–Crippen LogP) is 3.04. The van der Waals surface area contributed by atoms with E-state index in [-0.39, 0.29) is 0 Å². The topological polar surface area (TPSA) is 41.3 Å². The first-order valence-corrected chi connectivity index (χ1v) is 7.01. The van der Waals surface area contributed by atoms with Crippen LogP contribution in [-0.2, 0) is 6.54 Å². The monoisotopic (exact) mass is 265 g/mol. The molecule has 0 amide bonds. The van der Waals surface area contributed by atoms with Gasteiger partial charge in [0.25, 0.3) is 0 Å². The highest BCUT2D eigenvalue weighted by Gasteiger charge is 2.12. The van der Waals surface area contributed by atoms with E-state index in [0.29, 0.717) is 6.04 Å². The summed E-state index contributed by atoms with van der Waals surface area (Å²) in [6.45, 7) is 5.94. The van der Waals surface area contributed by atoms with E-state index >= 15 is 0 Å². The van der Waals surface area contributed by atoms with Crippen LogP contribution in [0.4, 0.5) is 5.13 Å². The molecule has 18 heavy (non-hydrogen) atoms. The van der Waals surface area contributed by atoms with E-state index in [1.54, 1.807) is 17.6 Å². The van der Waals surface area contributed by atoms with Crippen LogP contribution in [0.5, 0.6) is 0 Å². The lowest BCUT2D eigenvalue weighted by atomic mass is 10.3. The molecular formula is C13H19N3OS. The zero-order valence-electron chi connectivity index (χ0n) is 11.0. The number of hydrogen-bond donors (Lipinski definition) is 1. The summed E-state index contributed by atoms with van der Waals surface area (Å²) in [6, 6.07) is 4.19. The molecule has 0 radical (unpaired) electrons. The van der Waals surface area contributed by atoms with Crippen molar-refractivity contribution in [2.45, 2.75) is 26.4 Å². The van der Waals surface area contributed by atoms with E-state index in [4.69, 9.17) is 4.42 Å². The van der Waals surface area contributed by atoms with Crippen molar-refractivity contribution in [2.75, 3.05) is 18.5 Å². The highest BCUT2D eigenvalue weighted by molar-refractivity contribution is 7.13. The number of rotatable bonds is 6. The Balaban J connectivity index is 2.00. The van der Waals surface area contributed by atoms with E-state index in [0.717, 1.165) is 29.7 Å². The minimum atomic E-state index is 0.303. The zero-order chi connectivity index (χ0) is 13.0. The molecule has 1 atom stereocenters. The first kappa shape index (κ1) is 13.1. The highest BCUT2D eigenvalue weighted by Crippen LogP contribution is 2.24. The van der Waals surface area contributed by atoms with E-state index in [2.05, 4.69) is 34.4 Å². The van der Waals surface area contributed by atoms with Gasteiger partial charge in [0.15, 0.2) is 5.13 Å². The van der Waals surface area contributed by atoms with Crippen LogP contribution in [0.25, 0.3) is 0 Å². The van der Waals surface area contributed by atoms with Crippen molar-refractivity contribution in [3.63, 3.8) is 0 Å². The minimum absolute atomic E-state index is 0.303. The number of nitrogens with zero attached hydrogens (tertiary/aromatic N) is 2. The second-order valence-electron chi connectivity index (χ2n) is 4.27. The Morgan fingerprint density at radius 2 is 2.39 bits per heavy atom. The molecule has 0 aromatic carbocycles. The standard InChI is InChI=1S/C13H19N3OS/c1-4-14-10(2)12-9-18-13(15-12)16(3)8-11-6-5-7-17-11/h5-7,9-10,14H,4,8H2,1-3H3. The molecule has 1 N–H and O–H groups in total. The van der Waals surface area contributed by atoms with Crippen LogP contribution in [0.15, 0.2) is 28.2 Å². The molecule has 2 heterocycles. The lowest BCUT2D eigenvalue weighted by Gasteiger charge is -2.14. The third-order valence-electron chi connectivity index (χ3n) is 2.76. The Bertz CT molecular complexity index is 466. The van der Waals surface area contributed by atoms with Crippen LogP contribution in [0.2, 0.25) is 0 Å². The van der Waals surface area contributed by atoms with Crippen molar-refractivity contribution < 1.29 is 4.42 Å². The number of nitrogens with one attached hydrogen (secondary N) is 1. The molecule has 0 fully saturated rings. The van der Waals surface area contributed by atoms with Crippen LogP contribution < -0.4 is 10.2 Å². The minimum Gasteiger partial charge on any atom is -0.467 e. The van der Waals surface area contributed by atoms with Gasteiger partial charge < -0.3 is 14.6 Å². The van der Waals surface area contributed by atoms with Gasteiger partial charge in [-0.3, -0.25) is 0 Å². The number of hydrogen-bond acceptors (Lipinski definition) is 5. The molecular weight excluding hydrogens is 246 g/mol. The summed E-state index contributed by atoms with van der Waals surface area (Å²) in [5.41, 5.74) is 1.10. The van der Waals surface area contributed by atoms with Crippen LogP contribution in [0.1, 0.15) is 31.3 Å². The van der Waals surface area contributed by atoms with Crippen molar-refractivity contribution in [3.05, 3.63) is 35.2 Å². The van der Waals surface area contributed by atoms with Gasteiger partial charge in [0.2, 0.25) is 0 Å². The Morgan fingerprint density at radius 1 is 1.56 bits per heavy atom.